The van der Waals surface area contributed by atoms with Crippen molar-refractivity contribution in [2.45, 2.75) is 12.5 Å². The standard InChI is InChI=1S/C20H19ClFN3O4/c1-28-17-7-13-10(5-18(17)29-9-12(27)8-26)4-14-19(13)24-25-20(14)23-11-2-3-16(22)15(21)6-11/h2-3,5-7,12,26-27H,4,8-9H2,1H3,(H2,23,24,25). The van der Waals surface area contributed by atoms with E-state index in [-0.39, 0.29) is 18.2 Å². The number of methoxy groups -OCH3 is 1. The fourth-order valence-corrected chi connectivity index (χ4v) is 3.43. The highest BCUT2D eigenvalue weighted by Gasteiger charge is 2.27. The third kappa shape index (κ3) is 3.74. The van der Waals surface area contributed by atoms with Crippen LogP contribution in [0.5, 0.6) is 11.5 Å². The number of rotatable bonds is 7. The Kier molecular flexibility index (Phi) is 5.31. The molecule has 1 unspecified atom stereocenters. The van der Waals surface area contributed by atoms with E-state index in [1.807, 2.05) is 12.1 Å². The molecule has 2 aromatic carbocycles. The molecule has 3 aromatic rings. The van der Waals surface area contributed by atoms with E-state index < -0.39 is 11.9 Å². The summed E-state index contributed by atoms with van der Waals surface area (Å²) in [6.45, 7) is -0.431. The molecule has 9 heteroatoms. The summed E-state index contributed by atoms with van der Waals surface area (Å²) >= 11 is 5.86. The van der Waals surface area contributed by atoms with Crippen LogP contribution in [0.1, 0.15) is 11.1 Å². The van der Waals surface area contributed by atoms with E-state index in [1.165, 1.54) is 19.2 Å². The van der Waals surface area contributed by atoms with Gasteiger partial charge < -0.3 is 25.0 Å². The molecule has 0 bridgehead atoms. The molecule has 1 aliphatic rings. The number of hydrogen-bond donors (Lipinski definition) is 4. The second kappa shape index (κ2) is 7.90. The molecule has 0 saturated heterocycles. The van der Waals surface area contributed by atoms with E-state index in [0.717, 1.165) is 22.4 Å². The smallest absolute Gasteiger partial charge is 0.161 e. The average molecular weight is 420 g/mol. The number of benzene rings is 2. The fourth-order valence-electron chi connectivity index (χ4n) is 3.25. The zero-order chi connectivity index (χ0) is 20.5. The fraction of sp³-hybridized carbons (Fsp3) is 0.250. The Morgan fingerprint density at radius 1 is 1.31 bits per heavy atom. The van der Waals surface area contributed by atoms with Gasteiger partial charge in [0.05, 0.1) is 24.4 Å². The highest BCUT2D eigenvalue weighted by molar-refractivity contribution is 6.31. The minimum absolute atomic E-state index is 0.0334. The normalized spacial score (nSPS) is 13.0. The third-order valence-corrected chi connectivity index (χ3v) is 5.00. The largest absolute Gasteiger partial charge is 0.493 e. The molecular weight excluding hydrogens is 401 g/mol. The van der Waals surface area contributed by atoms with E-state index in [1.54, 1.807) is 6.07 Å². The van der Waals surface area contributed by atoms with E-state index >= 15 is 0 Å². The summed E-state index contributed by atoms with van der Waals surface area (Å²) in [5.74, 6) is 1.19. The van der Waals surface area contributed by atoms with E-state index in [9.17, 15) is 9.50 Å². The maximum Gasteiger partial charge on any atom is 0.161 e. The monoisotopic (exact) mass is 419 g/mol. The summed E-state index contributed by atoms with van der Waals surface area (Å²) in [7, 11) is 1.53. The molecule has 0 fully saturated rings. The molecule has 0 saturated carbocycles. The van der Waals surface area contributed by atoms with Crippen LogP contribution in [0.4, 0.5) is 15.9 Å². The second-order valence-corrected chi connectivity index (χ2v) is 7.07. The van der Waals surface area contributed by atoms with Gasteiger partial charge in [0.1, 0.15) is 24.3 Å². The number of aromatic amines is 1. The van der Waals surface area contributed by atoms with Gasteiger partial charge in [-0.1, -0.05) is 11.6 Å². The van der Waals surface area contributed by atoms with Gasteiger partial charge >= 0.3 is 0 Å². The number of anilines is 2. The number of halogens is 2. The first-order valence-corrected chi connectivity index (χ1v) is 9.30. The van der Waals surface area contributed by atoms with Gasteiger partial charge in [0, 0.05) is 23.2 Å². The van der Waals surface area contributed by atoms with Crippen LogP contribution in [-0.2, 0) is 6.42 Å². The maximum atomic E-state index is 13.4. The summed E-state index contributed by atoms with van der Waals surface area (Å²) in [4.78, 5) is 0. The van der Waals surface area contributed by atoms with Crippen LogP contribution in [0.15, 0.2) is 30.3 Å². The van der Waals surface area contributed by atoms with Crippen LogP contribution >= 0.6 is 11.6 Å². The van der Waals surface area contributed by atoms with E-state index in [2.05, 4.69) is 15.5 Å². The van der Waals surface area contributed by atoms with Crippen LogP contribution in [-0.4, -0.2) is 46.8 Å². The van der Waals surface area contributed by atoms with Crippen molar-refractivity contribution in [3.8, 4) is 22.8 Å². The molecule has 0 spiro atoms. The first kappa shape index (κ1) is 19.5. The van der Waals surface area contributed by atoms with Crippen LogP contribution in [0.25, 0.3) is 11.3 Å². The van der Waals surface area contributed by atoms with Crippen molar-refractivity contribution in [3.63, 3.8) is 0 Å². The first-order valence-electron chi connectivity index (χ1n) is 8.92. The molecule has 4 rings (SSSR count). The zero-order valence-corrected chi connectivity index (χ0v) is 16.3. The van der Waals surface area contributed by atoms with Crippen LogP contribution in [0.3, 0.4) is 0 Å². The van der Waals surface area contributed by atoms with Gasteiger partial charge in [0.25, 0.3) is 0 Å². The number of hydrogen-bond acceptors (Lipinski definition) is 6. The van der Waals surface area contributed by atoms with Crippen LogP contribution < -0.4 is 14.8 Å². The summed E-state index contributed by atoms with van der Waals surface area (Å²) in [6, 6.07) is 8.08. The van der Waals surface area contributed by atoms with Gasteiger partial charge in [-0.25, -0.2) is 4.39 Å². The lowest BCUT2D eigenvalue weighted by molar-refractivity contribution is 0.0527. The quantitative estimate of drug-likeness (QED) is 0.367. The summed E-state index contributed by atoms with van der Waals surface area (Å²) in [6.07, 6.45) is -0.372. The number of aliphatic hydroxyl groups is 2. The molecule has 152 valence electrons. The number of H-pyrrole nitrogens is 1. The van der Waals surface area contributed by atoms with Crippen molar-refractivity contribution < 1.29 is 24.1 Å². The van der Waals surface area contributed by atoms with Crippen LogP contribution in [0, 0.1) is 5.82 Å². The Morgan fingerprint density at radius 2 is 2.14 bits per heavy atom. The molecule has 0 amide bonds. The van der Waals surface area contributed by atoms with Crippen molar-refractivity contribution in [3.05, 3.63) is 52.3 Å². The SMILES string of the molecule is COc1cc2c(cc1OCC(O)CO)Cc1c-2n[nH]c1Nc1ccc(F)c(Cl)c1. The number of fused-ring (bicyclic) bond motifs is 3. The van der Waals surface area contributed by atoms with Gasteiger partial charge in [0.2, 0.25) is 0 Å². The average Bonchev–Trinajstić information content (AvgIpc) is 3.27. The van der Waals surface area contributed by atoms with Crippen molar-refractivity contribution >= 4 is 23.1 Å². The molecule has 0 aliphatic heterocycles. The van der Waals surface area contributed by atoms with Crippen molar-refractivity contribution in [1.29, 1.82) is 0 Å². The second-order valence-electron chi connectivity index (χ2n) is 6.66. The highest BCUT2D eigenvalue weighted by atomic mass is 35.5. The third-order valence-electron chi connectivity index (χ3n) is 4.71. The van der Waals surface area contributed by atoms with Crippen molar-refractivity contribution in [2.75, 3.05) is 25.6 Å². The summed E-state index contributed by atoms with van der Waals surface area (Å²) < 4.78 is 24.4. The number of aromatic nitrogens is 2. The highest BCUT2D eigenvalue weighted by Crippen LogP contribution is 2.44. The predicted octanol–water partition coefficient (Wildman–Crippen LogP) is 3.26. The van der Waals surface area contributed by atoms with Crippen molar-refractivity contribution in [1.82, 2.24) is 10.2 Å². The number of nitrogens with one attached hydrogen (secondary N) is 2. The molecule has 29 heavy (non-hydrogen) atoms. The molecule has 1 aromatic heterocycles. The first-order chi connectivity index (χ1) is 14.0. The summed E-state index contributed by atoms with van der Waals surface area (Å²) in [5.41, 5.74) is 4.28. The van der Waals surface area contributed by atoms with E-state index in [0.29, 0.717) is 29.4 Å². The minimum Gasteiger partial charge on any atom is -0.493 e. The molecule has 7 nitrogen and oxygen atoms in total. The lowest BCUT2D eigenvalue weighted by Crippen LogP contribution is -2.21. The predicted molar refractivity (Wildman–Crippen MR) is 107 cm³/mol. The van der Waals surface area contributed by atoms with E-state index in [4.69, 9.17) is 26.2 Å². The Morgan fingerprint density at radius 3 is 2.86 bits per heavy atom. The molecular formula is C20H19ClFN3O4. The van der Waals surface area contributed by atoms with Gasteiger partial charge in [0.15, 0.2) is 11.5 Å². The Bertz CT molecular complexity index is 1060. The van der Waals surface area contributed by atoms with Gasteiger partial charge in [-0.05, 0) is 35.9 Å². The Balaban J connectivity index is 1.61. The molecule has 0 radical (unpaired) electrons. The lowest BCUT2D eigenvalue weighted by atomic mass is 10.1. The maximum absolute atomic E-state index is 13.4. The molecule has 4 N–H and O–H groups in total. The number of nitrogens with zero attached hydrogens (tertiary/aromatic N) is 1. The number of ether oxygens (including phenoxy) is 2. The summed E-state index contributed by atoms with van der Waals surface area (Å²) in [5, 5.41) is 29.1. The number of aliphatic hydroxyl groups excluding tert-OH is 2. The van der Waals surface area contributed by atoms with Crippen molar-refractivity contribution in [2.24, 2.45) is 0 Å². The Hall–Kier alpha value is -2.81. The molecule has 1 heterocycles. The topological polar surface area (TPSA) is 99.6 Å². The van der Waals surface area contributed by atoms with Crippen LogP contribution in [0.2, 0.25) is 5.02 Å². The van der Waals surface area contributed by atoms with Gasteiger partial charge in [-0.15, -0.1) is 0 Å². The lowest BCUT2D eigenvalue weighted by Gasteiger charge is -2.14. The molecule has 1 atom stereocenters. The minimum atomic E-state index is -0.970. The van der Waals surface area contributed by atoms with Gasteiger partial charge in [-0.3, -0.25) is 5.10 Å². The Labute approximate surface area is 171 Å². The van der Waals surface area contributed by atoms with Gasteiger partial charge in [-0.2, -0.15) is 5.10 Å². The zero-order valence-electron chi connectivity index (χ0n) is 15.5. The molecule has 1 aliphatic carbocycles.